The molecule has 1 N–H and O–H groups in total. The Morgan fingerprint density at radius 3 is 2.44 bits per heavy atom. The fourth-order valence-electron chi connectivity index (χ4n) is 4.69. The SMILES string of the molecule is COc1ccc([C@H]2Cn3cnc(C(=O)N4CCC(C(=O)Nc5cc(F)cc(F)c5)CC4)c3CO2)cc1. The third-order valence-electron chi connectivity index (χ3n) is 6.70. The van der Waals surface area contributed by atoms with Crippen molar-refractivity contribution >= 4 is 17.5 Å². The van der Waals surface area contributed by atoms with Gasteiger partial charge >= 0.3 is 0 Å². The van der Waals surface area contributed by atoms with Gasteiger partial charge in [-0.25, -0.2) is 13.8 Å². The zero-order valence-corrected chi connectivity index (χ0v) is 19.7. The molecule has 2 aliphatic rings. The fraction of sp³-hybridized carbons (Fsp3) is 0.346. The van der Waals surface area contributed by atoms with Crippen LogP contribution in [-0.2, 0) is 22.7 Å². The summed E-state index contributed by atoms with van der Waals surface area (Å²) in [5, 5.41) is 2.57. The van der Waals surface area contributed by atoms with Crippen molar-refractivity contribution < 1.29 is 27.8 Å². The van der Waals surface area contributed by atoms with E-state index in [2.05, 4.69) is 10.3 Å². The molecule has 3 aromatic rings. The predicted molar refractivity (Wildman–Crippen MR) is 126 cm³/mol. The molecule has 2 aromatic carbocycles. The predicted octanol–water partition coefficient (Wildman–Crippen LogP) is 3.93. The first-order chi connectivity index (χ1) is 17.4. The molecule has 0 bridgehead atoms. The highest BCUT2D eigenvalue weighted by atomic mass is 19.1. The summed E-state index contributed by atoms with van der Waals surface area (Å²) < 4.78 is 40.0. The van der Waals surface area contributed by atoms with Gasteiger partial charge in [-0.3, -0.25) is 9.59 Å². The van der Waals surface area contributed by atoms with Crippen molar-refractivity contribution in [1.29, 1.82) is 0 Å². The molecule has 8 nitrogen and oxygen atoms in total. The number of carbonyl (C=O) groups is 2. The number of hydrogen-bond acceptors (Lipinski definition) is 5. The highest BCUT2D eigenvalue weighted by Crippen LogP contribution is 2.30. The van der Waals surface area contributed by atoms with E-state index in [-0.39, 0.29) is 36.1 Å². The molecule has 1 saturated heterocycles. The number of anilines is 1. The molecule has 36 heavy (non-hydrogen) atoms. The number of halogens is 2. The Balaban J connectivity index is 1.18. The van der Waals surface area contributed by atoms with Gasteiger partial charge in [-0.2, -0.15) is 0 Å². The fourth-order valence-corrected chi connectivity index (χ4v) is 4.69. The van der Waals surface area contributed by atoms with Crippen molar-refractivity contribution in [1.82, 2.24) is 14.5 Å². The Labute approximate surface area is 206 Å². The molecule has 2 amide bonds. The van der Waals surface area contributed by atoms with Gasteiger partial charge in [-0.1, -0.05) is 12.1 Å². The summed E-state index contributed by atoms with van der Waals surface area (Å²) >= 11 is 0. The number of aromatic nitrogens is 2. The number of piperidine rings is 1. The van der Waals surface area contributed by atoms with E-state index in [1.165, 1.54) is 0 Å². The van der Waals surface area contributed by atoms with E-state index >= 15 is 0 Å². The number of ether oxygens (including phenoxy) is 2. The van der Waals surface area contributed by atoms with Crippen molar-refractivity contribution in [2.24, 2.45) is 5.92 Å². The Hall–Kier alpha value is -3.79. The first-order valence-electron chi connectivity index (χ1n) is 11.8. The summed E-state index contributed by atoms with van der Waals surface area (Å²) in [5.74, 6) is -1.60. The van der Waals surface area contributed by atoms with Gasteiger partial charge in [0.1, 0.15) is 23.5 Å². The van der Waals surface area contributed by atoms with Gasteiger partial charge in [0.15, 0.2) is 5.69 Å². The van der Waals surface area contributed by atoms with Crippen LogP contribution in [0, 0.1) is 17.6 Å². The van der Waals surface area contributed by atoms with E-state index in [1.807, 2.05) is 28.8 Å². The lowest BCUT2D eigenvalue weighted by Gasteiger charge is -2.31. The number of carbonyl (C=O) groups excluding carboxylic acids is 2. The minimum atomic E-state index is -0.756. The summed E-state index contributed by atoms with van der Waals surface area (Å²) in [6, 6.07) is 10.6. The lowest BCUT2D eigenvalue weighted by atomic mass is 9.95. The monoisotopic (exact) mass is 496 g/mol. The summed E-state index contributed by atoms with van der Waals surface area (Å²) in [6.45, 7) is 1.58. The van der Waals surface area contributed by atoms with Crippen molar-refractivity contribution in [3.63, 3.8) is 0 Å². The Kier molecular flexibility index (Phi) is 6.69. The van der Waals surface area contributed by atoms with Gasteiger partial charge in [0, 0.05) is 30.8 Å². The van der Waals surface area contributed by atoms with Gasteiger partial charge in [-0.05, 0) is 42.7 Å². The number of rotatable bonds is 5. The molecule has 188 valence electrons. The Morgan fingerprint density at radius 2 is 1.78 bits per heavy atom. The van der Waals surface area contributed by atoms with Crippen LogP contribution in [0.4, 0.5) is 14.5 Å². The maximum Gasteiger partial charge on any atom is 0.274 e. The summed E-state index contributed by atoms with van der Waals surface area (Å²) in [5.41, 5.74) is 2.19. The topological polar surface area (TPSA) is 85.7 Å². The number of likely N-dealkylation sites (tertiary alicyclic amines) is 1. The second-order valence-electron chi connectivity index (χ2n) is 8.98. The lowest BCUT2D eigenvalue weighted by molar-refractivity contribution is -0.121. The zero-order chi connectivity index (χ0) is 25.2. The van der Waals surface area contributed by atoms with E-state index in [0.29, 0.717) is 38.2 Å². The third-order valence-corrected chi connectivity index (χ3v) is 6.70. The van der Waals surface area contributed by atoms with E-state index in [4.69, 9.17) is 9.47 Å². The number of amides is 2. The molecule has 5 rings (SSSR count). The second kappa shape index (κ2) is 10.1. The number of fused-ring (bicyclic) bond motifs is 1. The second-order valence-corrected chi connectivity index (χ2v) is 8.98. The highest BCUT2D eigenvalue weighted by Gasteiger charge is 2.32. The van der Waals surface area contributed by atoms with Gasteiger partial charge in [0.25, 0.3) is 5.91 Å². The minimum absolute atomic E-state index is 0.0774. The molecule has 0 saturated carbocycles. The molecule has 0 spiro atoms. The number of imidazole rings is 1. The molecule has 1 aromatic heterocycles. The van der Waals surface area contributed by atoms with Crippen LogP contribution < -0.4 is 10.1 Å². The molecule has 3 heterocycles. The Bertz CT molecular complexity index is 1250. The quantitative estimate of drug-likeness (QED) is 0.579. The van der Waals surface area contributed by atoms with Crippen LogP contribution in [0.5, 0.6) is 5.75 Å². The molecule has 10 heteroatoms. The van der Waals surface area contributed by atoms with Crippen LogP contribution >= 0.6 is 0 Å². The van der Waals surface area contributed by atoms with E-state index in [1.54, 1.807) is 18.3 Å². The van der Waals surface area contributed by atoms with E-state index in [9.17, 15) is 18.4 Å². The normalized spacial score (nSPS) is 18.0. The van der Waals surface area contributed by atoms with Crippen LogP contribution in [0.2, 0.25) is 0 Å². The van der Waals surface area contributed by atoms with E-state index < -0.39 is 11.6 Å². The average molecular weight is 497 g/mol. The van der Waals surface area contributed by atoms with Gasteiger partial charge in [0.05, 0.1) is 32.3 Å². The molecule has 2 aliphatic heterocycles. The Morgan fingerprint density at radius 1 is 1.08 bits per heavy atom. The molecular formula is C26H26F2N4O4. The summed E-state index contributed by atoms with van der Waals surface area (Å²) in [7, 11) is 1.62. The first-order valence-corrected chi connectivity index (χ1v) is 11.8. The zero-order valence-electron chi connectivity index (χ0n) is 19.7. The maximum absolute atomic E-state index is 13.4. The number of nitrogens with zero attached hydrogens (tertiary/aromatic N) is 3. The van der Waals surface area contributed by atoms with Crippen LogP contribution in [0.25, 0.3) is 0 Å². The number of nitrogens with one attached hydrogen (secondary N) is 1. The highest BCUT2D eigenvalue weighted by molar-refractivity contribution is 5.95. The van der Waals surface area contributed by atoms with E-state index in [0.717, 1.165) is 35.2 Å². The molecule has 0 unspecified atom stereocenters. The van der Waals surface area contributed by atoms with Gasteiger partial charge in [0.2, 0.25) is 5.91 Å². The van der Waals surface area contributed by atoms with Crippen LogP contribution in [0.1, 0.15) is 40.7 Å². The largest absolute Gasteiger partial charge is 0.497 e. The van der Waals surface area contributed by atoms with Crippen molar-refractivity contribution in [3.8, 4) is 5.75 Å². The lowest BCUT2D eigenvalue weighted by Crippen LogP contribution is -2.42. The number of methoxy groups -OCH3 is 1. The smallest absolute Gasteiger partial charge is 0.274 e. The molecule has 0 aliphatic carbocycles. The van der Waals surface area contributed by atoms with Crippen LogP contribution in [-0.4, -0.2) is 46.5 Å². The van der Waals surface area contributed by atoms with Crippen molar-refractivity contribution in [2.45, 2.75) is 32.1 Å². The van der Waals surface area contributed by atoms with Gasteiger partial charge in [-0.15, -0.1) is 0 Å². The van der Waals surface area contributed by atoms with Crippen LogP contribution in [0.3, 0.4) is 0 Å². The molecule has 1 atom stereocenters. The van der Waals surface area contributed by atoms with Crippen molar-refractivity contribution in [2.75, 3.05) is 25.5 Å². The number of benzene rings is 2. The average Bonchev–Trinajstić information content (AvgIpc) is 3.31. The maximum atomic E-state index is 13.4. The van der Waals surface area contributed by atoms with Crippen LogP contribution in [0.15, 0.2) is 48.8 Å². The first kappa shape index (κ1) is 23.9. The molecule has 0 radical (unpaired) electrons. The summed E-state index contributed by atoms with van der Waals surface area (Å²) in [6.07, 6.45) is 2.41. The van der Waals surface area contributed by atoms with Crippen molar-refractivity contribution in [3.05, 3.63) is 77.4 Å². The molecular weight excluding hydrogens is 470 g/mol. The number of hydrogen-bond donors (Lipinski definition) is 1. The van der Waals surface area contributed by atoms with Gasteiger partial charge < -0.3 is 24.3 Å². The minimum Gasteiger partial charge on any atom is -0.497 e. The summed E-state index contributed by atoms with van der Waals surface area (Å²) in [4.78, 5) is 31.8. The molecule has 1 fully saturated rings. The standard InChI is InChI=1S/C26H26F2N4O4/c1-35-21-4-2-16(3-5-21)23-13-32-15-29-24(22(32)14-36-23)26(34)31-8-6-17(7-9-31)25(33)30-20-11-18(27)10-19(28)12-20/h2-5,10-12,15,17,23H,6-9,13-14H2,1H3,(H,30,33)/t23-/m1/s1. The third kappa shape index (κ3) is 4.94.